The third-order valence-electron chi connectivity index (χ3n) is 14.7. The molecule has 2 unspecified atom stereocenters. The molecule has 0 amide bonds. The van der Waals surface area contributed by atoms with Gasteiger partial charge >= 0.3 is 19.8 Å². The van der Waals surface area contributed by atoms with Crippen molar-refractivity contribution < 1.29 is 42.1 Å². The molecule has 0 aromatic rings. The zero-order valence-electron chi connectivity index (χ0n) is 58.1. The lowest BCUT2D eigenvalue weighted by molar-refractivity contribution is -0.870. The number of unbranched alkanes of at least 4 members (excludes halogenated alkanes) is 22. The van der Waals surface area contributed by atoms with Crippen LogP contribution in [0.5, 0.6) is 0 Å². The first-order chi connectivity index (χ1) is 44.0. The van der Waals surface area contributed by atoms with Gasteiger partial charge in [-0.25, -0.2) is 4.57 Å². The van der Waals surface area contributed by atoms with Crippen LogP contribution in [0.15, 0.2) is 170 Å². The van der Waals surface area contributed by atoms with Crippen molar-refractivity contribution in [3.05, 3.63) is 170 Å². The van der Waals surface area contributed by atoms with E-state index in [9.17, 15) is 19.0 Å². The molecule has 1 N–H and O–H groups in total. The smallest absolute Gasteiger partial charge is 0.462 e. The van der Waals surface area contributed by atoms with Gasteiger partial charge in [-0.3, -0.25) is 18.6 Å². The molecule has 0 fully saturated rings. The van der Waals surface area contributed by atoms with Gasteiger partial charge in [0.25, 0.3) is 0 Å². The predicted molar refractivity (Wildman–Crippen MR) is 389 cm³/mol. The maximum Gasteiger partial charge on any atom is 0.472 e. The van der Waals surface area contributed by atoms with Crippen molar-refractivity contribution in [2.24, 2.45) is 0 Å². The second-order valence-electron chi connectivity index (χ2n) is 24.5. The van der Waals surface area contributed by atoms with Gasteiger partial charge in [-0.05, 0) is 135 Å². The van der Waals surface area contributed by atoms with E-state index in [-0.39, 0.29) is 32.0 Å². The zero-order valence-corrected chi connectivity index (χ0v) is 58.9. The molecular formula is C80H133NO8P+. The van der Waals surface area contributed by atoms with Gasteiger partial charge in [0.15, 0.2) is 6.10 Å². The Morgan fingerprint density at radius 1 is 0.356 bits per heavy atom. The molecule has 0 radical (unpaired) electrons. The molecular weight excluding hydrogens is 1130 g/mol. The summed E-state index contributed by atoms with van der Waals surface area (Å²) in [5.74, 6) is -0.829. The Labute approximate surface area is 553 Å². The molecule has 0 saturated carbocycles. The highest BCUT2D eigenvalue weighted by Gasteiger charge is 2.27. The maximum absolute atomic E-state index is 12.9. The number of quaternary nitrogens is 1. The topological polar surface area (TPSA) is 108 Å². The van der Waals surface area contributed by atoms with E-state index in [1.807, 2.05) is 21.1 Å². The van der Waals surface area contributed by atoms with Gasteiger partial charge in [0.2, 0.25) is 0 Å². The summed E-state index contributed by atoms with van der Waals surface area (Å²) in [6, 6.07) is 0. The minimum absolute atomic E-state index is 0.0186. The number of hydrogen-bond acceptors (Lipinski definition) is 7. The summed E-state index contributed by atoms with van der Waals surface area (Å²) in [6.07, 6.45) is 105. The Balaban J connectivity index is 4.17. The Bertz CT molecular complexity index is 2130. The fraction of sp³-hybridized carbons (Fsp3) is 0.625. The van der Waals surface area contributed by atoms with Gasteiger partial charge in [0.1, 0.15) is 19.8 Å². The number of ether oxygens (including phenoxy) is 2. The van der Waals surface area contributed by atoms with Crippen molar-refractivity contribution in [3.8, 4) is 0 Å². The lowest BCUT2D eigenvalue weighted by Gasteiger charge is -2.24. The standard InChI is InChI=1S/C80H132NO8P/c1-6-8-10-12-14-16-18-20-22-24-26-28-30-32-34-35-36-37-38-39-40-41-42-43-44-45-47-49-51-53-55-57-59-61-63-65-67-69-71-73-80(83)89-78(77-88-90(84,85)87-75-74-81(3,4)5)76-86-79(82)72-70-68-66-64-62-60-58-56-54-52-50-48-46-33-31-29-27-25-23-21-19-17-15-13-11-9-7-2/h8,10,14,16,19-22,25-28,31-34,36-37,39-40,42-43,45,47,51,53,57,59,78H,6-7,9,11-13,15,17-18,23-24,29-30,35,38,41,44,46,48-50,52,54-56,58,60-77H2,1-5H3/p+1/b10-8-,16-14-,21-19-,22-20-,27-25-,28-26-,33-31-,34-32-,37-36-,40-39-,43-42-,47-45-,53-51-,59-57-. The Kier molecular flexibility index (Phi) is 65.2. The second kappa shape index (κ2) is 68.7. The van der Waals surface area contributed by atoms with Crippen LogP contribution in [0.4, 0.5) is 0 Å². The van der Waals surface area contributed by atoms with Crippen LogP contribution in [-0.2, 0) is 32.7 Å². The molecule has 0 aromatic heterocycles. The molecule has 0 aliphatic heterocycles. The van der Waals surface area contributed by atoms with Crippen molar-refractivity contribution in [1.82, 2.24) is 0 Å². The van der Waals surface area contributed by atoms with Crippen molar-refractivity contribution in [3.63, 3.8) is 0 Å². The first kappa shape index (κ1) is 85.4. The molecule has 0 spiro atoms. The summed E-state index contributed by atoms with van der Waals surface area (Å²) in [4.78, 5) is 35.9. The molecule has 0 bridgehead atoms. The van der Waals surface area contributed by atoms with Crippen LogP contribution >= 0.6 is 7.82 Å². The van der Waals surface area contributed by atoms with Gasteiger partial charge < -0.3 is 18.9 Å². The molecule has 0 rings (SSSR count). The molecule has 0 aromatic carbocycles. The quantitative estimate of drug-likeness (QED) is 0.0211. The number of likely N-dealkylation sites (N-methyl/N-ethyl adjacent to an activating group) is 1. The molecule has 90 heavy (non-hydrogen) atoms. The number of phosphoric acid groups is 1. The highest BCUT2D eigenvalue weighted by molar-refractivity contribution is 7.47. The van der Waals surface area contributed by atoms with Crippen LogP contribution in [-0.4, -0.2) is 74.9 Å². The van der Waals surface area contributed by atoms with E-state index in [2.05, 4.69) is 184 Å². The van der Waals surface area contributed by atoms with Crippen LogP contribution in [0.3, 0.4) is 0 Å². The third kappa shape index (κ3) is 72.4. The van der Waals surface area contributed by atoms with E-state index < -0.39 is 26.5 Å². The minimum atomic E-state index is -4.41. The summed E-state index contributed by atoms with van der Waals surface area (Å²) in [5.41, 5.74) is 0. The molecule has 9 nitrogen and oxygen atoms in total. The van der Waals surface area contributed by atoms with Crippen molar-refractivity contribution in [2.45, 2.75) is 277 Å². The average Bonchev–Trinajstić information content (AvgIpc) is 3.58. The van der Waals surface area contributed by atoms with E-state index in [0.717, 1.165) is 135 Å². The number of esters is 2. The normalized spacial score (nSPS) is 14.2. The van der Waals surface area contributed by atoms with Gasteiger partial charge in [-0.2, -0.15) is 0 Å². The van der Waals surface area contributed by atoms with E-state index in [1.165, 1.54) is 103 Å². The fourth-order valence-electron chi connectivity index (χ4n) is 9.26. The first-order valence-electron chi connectivity index (χ1n) is 35.9. The monoisotopic (exact) mass is 1270 g/mol. The summed E-state index contributed by atoms with van der Waals surface area (Å²) in [6.45, 7) is 4.28. The number of carbonyl (C=O) groups excluding carboxylic acids is 2. The number of nitrogens with zero attached hydrogens (tertiary/aromatic N) is 1. The number of allylic oxidation sites excluding steroid dienone is 28. The van der Waals surface area contributed by atoms with Gasteiger partial charge in [0, 0.05) is 12.8 Å². The van der Waals surface area contributed by atoms with Gasteiger partial charge in [0.05, 0.1) is 27.7 Å². The molecule has 510 valence electrons. The van der Waals surface area contributed by atoms with E-state index in [4.69, 9.17) is 18.5 Å². The SMILES string of the molecule is CC/C=C\C/C=C\C/C=C\C/C=C\C/C=C\C/C=C\C/C=C\C/C=C\C/C=C\C/C=C\C/C=C\CCCCCCCC(=O)OC(COC(=O)CCCCCCCCCCCCCC/C=C\C/C=C\C/C=C\CCCCCCC)COP(=O)(O)OCC[N+](C)(C)C. The molecule has 0 aliphatic carbocycles. The Morgan fingerprint density at radius 2 is 0.633 bits per heavy atom. The first-order valence-corrected chi connectivity index (χ1v) is 37.4. The molecule has 0 aliphatic rings. The van der Waals surface area contributed by atoms with Crippen molar-refractivity contribution in [1.29, 1.82) is 0 Å². The summed E-state index contributed by atoms with van der Waals surface area (Å²) < 4.78 is 34.7. The van der Waals surface area contributed by atoms with E-state index in [1.54, 1.807) is 0 Å². The minimum Gasteiger partial charge on any atom is -0.462 e. The summed E-state index contributed by atoms with van der Waals surface area (Å²) in [5, 5.41) is 0. The number of phosphoric ester groups is 1. The zero-order chi connectivity index (χ0) is 65.5. The highest BCUT2D eigenvalue weighted by Crippen LogP contribution is 2.43. The molecule has 10 heteroatoms. The Morgan fingerprint density at radius 3 is 0.944 bits per heavy atom. The summed E-state index contributed by atoms with van der Waals surface area (Å²) in [7, 11) is 1.44. The van der Waals surface area contributed by atoms with Crippen LogP contribution in [0, 0.1) is 0 Å². The number of carbonyl (C=O) groups is 2. The van der Waals surface area contributed by atoms with E-state index in [0.29, 0.717) is 17.4 Å². The fourth-order valence-corrected chi connectivity index (χ4v) is 10.0. The van der Waals surface area contributed by atoms with Crippen LogP contribution in [0.1, 0.15) is 271 Å². The molecule has 0 heterocycles. The highest BCUT2D eigenvalue weighted by atomic mass is 31.2. The van der Waals surface area contributed by atoms with Crippen LogP contribution in [0.25, 0.3) is 0 Å². The van der Waals surface area contributed by atoms with Crippen LogP contribution in [0.2, 0.25) is 0 Å². The van der Waals surface area contributed by atoms with Gasteiger partial charge in [-0.15, -0.1) is 0 Å². The Hall–Kier alpha value is -4.63. The largest absolute Gasteiger partial charge is 0.472 e. The van der Waals surface area contributed by atoms with Crippen molar-refractivity contribution in [2.75, 3.05) is 47.5 Å². The number of hydrogen-bond donors (Lipinski definition) is 1. The lowest BCUT2D eigenvalue weighted by Crippen LogP contribution is -2.37. The summed E-state index contributed by atoms with van der Waals surface area (Å²) >= 11 is 0. The average molecular weight is 1270 g/mol. The molecule has 2 atom stereocenters. The molecule has 0 saturated heterocycles. The number of rotatable bonds is 64. The second-order valence-corrected chi connectivity index (χ2v) is 26.0. The lowest BCUT2D eigenvalue weighted by atomic mass is 10.0. The third-order valence-corrected chi connectivity index (χ3v) is 15.7. The van der Waals surface area contributed by atoms with Gasteiger partial charge in [-0.1, -0.05) is 293 Å². The van der Waals surface area contributed by atoms with Crippen LogP contribution < -0.4 is 0 Å². The van der Waals surface area contributed by atoms with Crippen molar-refractivity contribution >= 4 is 19.8 Å². The maximum atomic E-state index is 12.9. The predicted octanol–water partition coefficient (Wildman–Crippen LogP) is 23.7. The van der Waals surface area contributed by atoms with E-state index >= 15 is 0 Å².